The molecule has 2 N–H and O–H groups in total. The highest BCUT2D eigenvalue weighted by atomic mass is 32.1. The predicted octanol–water partition coefficient (Wildman–Crippen LogP) is 3.54. The third-order valence-corrected chi connectivity index (χ3v) is 5.41. The first-order chi connectivity index (χ1) is 13.6. The van der Waals surface area contributed by atoms with E-state index in [4.69, 9.17) is 27.4 Å². The van der Waals surface area contributed by atoms with Crippen molar-refractivity contribution in [3.8, 4) is 11.5 Å². The van der Waals surface area contributed by atoms with Gasteiger partial charge in [0.15, 0.2) is 11.5 Å². The number of piperidine rings is 1. The summed E-state index contributed by atoms with van der Waals surface area (Å²) in [5.74, 6) is 1.12. The molecule has 1 heterocycles. The van der Waals surface area contributed by atoms with Crippen LogP contribution in [-0.4, -0.2) is 35.5 Å². The van der Waals surface area contributed by atoms with Crippen molar-refractivity contribution in [3.05, 3.63) is 59.7 Å². The molecular weight excluding hydrogens is 372 g/mol. The van der Waals surface area contributed by atoms with Crippen molar-refractivity contribution in [2.75, 3.05) is 19.7 Å². The summed E-state index contributed by atoms with van der Waals surface area (Å²) in [5, 5.41) is 0. The maximum atomic E-state index is 11.4. The lowest BCUT2D eigenvalue weighted by Crippen LogP contribution is -2.41. The van der Waals surface area contributed by atoms with Crippen molar-refractivity contribution in [2.24, 2.45) is 11.7 Å². The van der Waals surface area contributed by atoms with E-state index in [2.05, 4.69) is 4.90 Å². The van der Waals surface area contributed by atoms with Gasteiger partial charge in [-0.1, -0.05) is 42.5 Å². The van der Waals surface area contributed by atoms with Gasteiger partial charge in [-0.25, -0.2) is 0 Å². The topological polar surface area (TPSA) is 64.8 Å². The highest BCUT2D eigenvalue weighted by Gasteiger charge is 2.25. The van der Waals surface area contributed by atoms with Crippen LogP contribution in [0.1, 0.15) is 30.9 Å². The fourth-order valence-electron chi connectivity index (χ4n) is 3.31. The van der Waals surface area contributed by atoms with E-state index in [1.54, 1.807) is 0 Å². The molecule has 1 fully saturated rings. The molecule has 2 aromatic rings. The number of hydrogen-bond donors (Lipinski definition) is 1. The highest BCUT2D eigenvalue weighted by molar-refractivity contribution is 7.80. The monoisotopic (exact) mass is 398 g/mol. The Hall–Kier alpha value is -2.60. The van der Waals surface area contributed by atoms with Gasteiger partial charge < -0.3 is 20.1 Å². The number of likely N-dealkylation sites (tertiary alicyclic amines) is 1. The third-order valence-electron chi connectivity index (χ3n) is 4.91. The smallest absolute Gasteiger partial charge is 0.220 e. The highest BCUT2D eigenvalue weighted by Crippen LogP contribution is 2.30. The maximum absolute atomic E-state index is 11.4. The summed E-state index contributed by atoms with van der Waals surface area (Å²) in [6, 6.07) is 15.8. The number of ether oxygens (including phenoxy) is 2. The van der Waals surface area contributed by atoms with Gasteiger partial charge in [0, 0.05) is 24.6 Å². The number of nitrogens with two attached hydrogens (primary N) is 1. The first kappa shape index (κ1) is 20.1. The van der Waals surface area contributed by atoms with Crippen molar-refractivity contribution in [1.82, 2.24) is 4.90 Å². The van der Waals surface area contributed by atoms with Crippen molar-refractivity contribution >= 4 is 23.1 Å². The van der Waals surface area contributed by atoms with Crippen LogP contribution in [0, 0.1) is 5.92 Å². The van der Waals surface area contributed by atoms with Gasteiger partial charge in [0.05, 0.1) is 6.61 Å². The second-order valence-corrected chi connectivity index (χ2v) is 7.22. The largest absolute Gasteiger partial charge is 0.490 e. The van der Waals surface area contributed by atoms with Crippen LogP contribution in [0.2, 0.25) is 0 Å². The van der Waals surface area contributed by atoms with Gasteiger partial charge in [0.2, 0.25) is 5.91 Å². The molecule has 1 saturated heterocycles. The van der Waals surface area contributed by atoms with Gasteiger partial charge in [-0.3, -0.25) is 4.79 Å². The number of amides is 1. The van der Waals surface area contributed by atoms with Crippen molar-refractivity contribution in [1.29, 1.82) is 0 Å². The minimum Gasteiger partial charge on any atom is -0.490 e. The average Bonchev–Trinajstić information content (AvgIpc) is 2.73. The number of carbonyl (C=O) groups is 1. The Balaban J connectivity index is 1.69. The van der Waals surface area contributed by atoms with Crippen LogP contribution in [0.15, 0.2) is 48.5 Å². The molecule has 0 aromatic heterocycles. The van der Waals surface area contributed by atoms with Crippen LogP contribution in [0.3, 0.4) is 0 Å². The first-order valence-corrected chi connectivity index (χ1v) is 10.0. The molecule has 0 atom stereocenters. The standard InChI is InChI=1S/C22H26N2O3S/c1-2-26-20-14-18(22(28)24-12-10-17(11-13-24)21(23)25)8-9-19(20)27-15-16-6-4-3-5-7-16/h3-9,14,17H,2,10-13,15H2,1H3,(H2,23,25). The van der Waals surface area contributed by atoms with Gasteiger partial charge in [-0.05, 0) is 43.5 Å². The molecule has 6 heteroatoms. The molecule has 3 rings (SSSR count). The molecule has 0 saturated carbocycles. The normalized spacial score (nSPS) is 14.5. The summed E-state index contributed by atoms with van der Waals surface area (Å²) < 4.78 is 11.8. The summed E-state index contributed by atoms with van der Waals surface area (Å²) >= 11 is 5.69. The van der Waals surface area contributed by atoms with Crippen LogP contribution in [0.25, 0.3) is 0 Å². The molecule has 1 aliphatic heterocycles. The van der Waals surface area contributed by atoms with Gasteiger partial charge >= 0.3 is 0 Å². The van der Waals surface area contributed by atoms with Gasteiger partial charge in [0.25, 0.3) is 0 Å². The van der Waals surface area contributed by atoms with E-state index in [0.29, 0.717) is 24.7 Å². The maximum Gasteiger partial charge on any atom is 0.220 e. The molecule has 5 nitrogen and oxygen atoms in total. The fourth-order valence-corrected chi connectivity index (χ4v) is 3.62. The molecule has 28 heavy (non-hydrogen) atoms. The lowest BCUT2D eigenvalue weighted by molar-refractivity contribution is -0.122. The Kier molecular flexibility index (Phi) is 6.87. The molecule has 0 unspecified atom stereocenters. The van der Waals surface area contributed by atoms with Crippen LogP contribution in [-0.2, 0) is 11.4 Å². The van der Waals surface area contributed by atoms with Crippen molar-refractivity contribution < 1.29 is 14.3 Å². The third kappa shape index (κ3) is 5.01. The molecule has 1 amide bonds. The van der Waals surface area contributed by atoms with Crippen LogP contribution < -0.4 is 15.2 Å². The second-order valence-electron chi connectivity index (χ2n) is 6.84. The van der Waals surface area contributed by atoms with Crippen molar-refractivity contribution in [2.45, 2.75) is 26.4 Å². The molecule has 148 valence electrons. The van der Waals surface area contributed by atoms with Crippen LogP contribution in [0.5, 0.6) is 11.5 Å². The van der Waals surface area contributed by atoms with E-state index < -0.39 is 0 Å². The molecule has 1 aliphatic rings. The zero-order valence-corrected chi connectivity index (χ0v) is 16.9. The van der Waals surface area contributed by atoms with Gasteiger partial charge in [0.1, 0.15) is 11.6 Å². The number of rotatable bonds is 7. The van der Waals surface area contributed by atoms with E-state index in [1.807, 2.05) is 55.5 Å². The minimum absolute atomic E-state index is 0.0493. The first-order valence-electron chi connectivity index (χ1n) is 9.60. The predicted molar refractivity (Wildman–Crippen MR) is 114 cm³/mol. The average molecular weight is 399 g/mol. The van der Waals surface area contributed by atoms with E-state index in [-0.39, 0.29) is 11.8 Å². The molecule has 0 aliphatic carbocycles. The minimum atomic E-state index is -0.218. The molecule has 2 aromatic carbocycles. The Morgan fingerprint density at radius 2 is 1.82 bits per heavy atom. The quantitative estimate of drug-likeness (QED) is 0.723. The Morgan fingerprint density at radius 3 is 2.46 bits per heavy atom. The van der Waals surface area contributed by atoms with Gasteiger partial charge in [-0.15, -0.1) is 0 Å². The molecule has 0 bridgehead atoms. The number of benzene rings is 2. The van der Waals surface area contributed by atoms with Crippen LogP contribution >= 0.6 is 12.2 Å². The Labute approximate surface area is 171 Å². The Morgan fingerprint density at radius 1 is 1.11 bits per heavy atom. The molecular formula is C22H26N2O3S. The summed E-state index contributed by atoms with van der Waals surface area (Å²) in [5.41, 5.74) is 7.44. The number of carbonyl (C=O) groups excluding carboxylic acids is 1. The van der Waals surface area contributed by atoms with E-state index in [1.165, 1.54) is 0 Å². The SMILES string of the molecule is CCOc1cc(C(=S)N2CCC(C(N)=O)CC2)ccc1OCc1ccccc1. The molecule has 0 radical (unpaired) electrons. The van der Waals surface area contributed by atoms with E-state index in [0.717, 1.165) is 42.0 Å². The van der Waals surface area contributed by atoms with Gasteiger partial charge in [-0.2, -0.15) is 0 Å². The summed E-state index contributed by atoms with van der Waals surface area (Å²) in [6.45, 7) is 4.44. The fraction of sp³-hybridized carbons (Fsp3) is 0.364. The summed E-state index contributed by atoms with van der Waals surface area (Å²) in [4.78, 5) is 14.3. The van der Waals surface area contributed by atoms with Crippen molar-refractivity contribution in [3.63, 3.8) is 0 Å². The van der Waals surface area contributed by atoms with E-state index in [9.17, 15) is 4.79 Å². The second kappa shape index (κ2) is 9.55. The number of nitrogens with zero attached hydrogens (tertiary/aromatic N) is 1. The lowest BCUT2D eigenvalue weighted by Gasteiger charge is -2.32. The zero-order chi connectivity index (χ0) is 19.9. The summed E-state index contributed by atoms with van der Waals surface area (Å²) in [6.07, 6.45) is 1.48. The Bertz CT molecular complexity index is 818. The van der Waals surface area contributed by atoms with E-state index >= 15 is 0 Å². The summed E-state index contributed by atoms with van der Waals surface area (Å²) in [7, 11) is 0. The number of hydrogen-bond acceptors (Lipinski definition) is 4. The number of thiocarbonyl (C=S) groups is 1. The number of primary amides is 1. The lowest BCUT2D eigenvalue weighted by atomic mass is 9.96. The zero-order valence-electron chi connectivity index (χ0n) is 16.1. The molecule has 0 spiro atoms. The van der Waals surface area contributed by atoms with Crippen LogP contribution in [0.4, 0.5) is 0 Å².